The Hall–Kier alpha value is -2.13. The number of piperidine rings is 1. The molecule has 3 heterocycles. The molecule has 1 amide bonds. The van der Waals surface area contributed by atoms with E-state index in [0.717, 1.165) is 51.4 Å². The molecule has 1 aromatic heterocycles. The van der Waals surface area contributed by atoms with Gasteiger partial charge in [0.15, 0.2) is 0 Å². The molecule has 24 heavy (non-hydrogen) atoms. The van der Waals surface area contributed by atoms with Crippen molar-refractivity contribution in [3.05, 3.63) is 23.9 Å². The van der Waals surface area contributed by atoms with Crippen molar-refractivity contribution in [3.63, 3.8) is 0 Å². The number of pyridine rings is 1. The molecular formula is C18H25N5O. The van der Waals surface area contributed by atoms with Crippen LogP contribution in [0.15, 0.2) is 18.3 Å². The lowest BCUT2D eigenvalue weighted by Crippen LogP contribution is -2.55. The summed E-state index contributed by atoms with van der Waals surface area (Å²) in [4.78, 5) is 23.8. The summed E-state index contributed by atoms with van der Waals surface area (Å²) in [5, 5.41) is 8.85. The quantitative estimate of drug-likeness (QED) is 0.820. The molecule has 2 aliphatic heterocycles. The van der Waals surface area contributed by atoms with Crippen LogP contribution in [0.25, 0.3) is 0 Å². The Bertz CT molecular complexity index is 615. The molecule has 0 spiro atoms. The van der Waals surface area contributed by atoms with E-state index in [1.165, 1.54) is 0 Å². The van der Waals surface area contributed by atoms with Crippen LogP contribution in [-0.2, 0) is 4.79 Å². The van der Waals surface area contributed by atoms with Gasteiger partial charge >= 0.3 is 0 Å². The number of nitriles is 1. The van der Waals surface area contributed by atoms with Crippen molar-refractivity contribution >= 4 is 11.7 Å². The third kappa shape index (κ3) is 3.51. The van der Waals surface area contributed by atoms with Crippen LogP contribution in [0.1, 0.15) is 25.3 Å². The van der Waals surface area contributed by atoms with E-state index in [9.17, 15) is 4.79 Å². The van der Waals surface area contributed by atoms with E-state index in [1.54, 1.807) is 12.3 Å². The minimum Gasteiger partial charge on any atom is -0.357 e. The SMILES string of the molecule is CC1CN(C)CCN1C(=O)C1CCN(c2ccc(C#N)cn2)CC1. The molecule has 2 fully saturated rings. The predicted octanol–water partition coefficient (Wildman–Crippen LogP) is 1.33. The molecule has 0 bridgehead atoms. The zero-order valence-corrected chi connectivity index (χ0v) is 14.5. The van der Waals surface area contributed by atoms with E-state index in [0.29, 0.717) is 17.5 Å². The number of rotatable bonds is 2. The average molecular weight is 327 g/mol. The van der Waals surface area contributed by atoms with E-state index < -0.39 is 0 Å². The fraction of sp³-hybridized carbons (Fsp3) is 0.611. The highest BCUT2D eigenvalue weighted by Crippen LogP contribution is 2.25. The summed E-state index contributed by atoms with van der Waals surface area (Å²) in [5.74, 6) is 1.35. The second-order valence-electron chi connectivity index (χ2n) is 6.92. The van der Waals surface area contributed by atoms with Gasteiger partial charge in [0.1, 0.15) is 11.9 Å². The molecule has 1 aromatic rings. The zero-order chi connectivity index (χ0) is 17.1. The summed E-state index contributed by atoms with van der Waals surface area (Å²) in [6.07, 6.45) is 3.36. The average Bonchev–Trinajstić information content (AvgIpc) is 2.61. The summed E-state index contributed by atoms with van der Waals surface area (Å²) < 4.78 is 0. The fourth-order valence-corrected chi connectivity index (χ4v) is 3.70. The number of anilines is 1. The lowest BCUT2D eigenvalue weighted by molar-refractivity contribution is -0.140. The summed E-state index contributed by atoms with van der Waals surface area (Å²) in [6, 6.07) is 6.08. The first-order valence-corrected chi connectivity index (χ1v) is 8.68. The van der Waals surface area contributed by atoms with Crippen molar-refractivity contribution in [2.24, 2.45) is 5.92 Å². The van der Waals surface area contributed by atoms with Crippen LogP contribution in [-0.4, -0.2) is 66.5 Å². The highest BCUT2D eigenvalue weighted by molar-refractivity contribution is 5.79. The van der Waals surface area contributed by atoms with Crippen molar-refractivity contribution in [3.8, 4) is 6.07 Å². The Balaban J connectivity index is 1.56. The maximum Gasteiger partial charge on any atom is 0.226 e. The van der Waals surface area contributed by atoms with Crippen molar-refractivity contribution in [1.29, 1.82) is 5.26 Å². The van der Waals surface area contributed by atoms with Crippen molar-refractivity contribution in [2.45, 2.75) is 25.8 Å². The van der Waals surface area contributed by atoms with Crippen molar-refractivity contribution in [2.75, 3.05) is 44.7 Å². The van der Waals surface area contributed by atoms with Gasteiger partial charge in [0.2, 0.25) is 5.91 Å². The number of likely N-dealkylation sites (N-methyl/N-ethyl adjacent to an activating group) is 1. The molecule has 1 unspecified atom stereocenters. The molecule has 6 nitrogen and oxygen atoms in total. The fourth-order valence-electron chi connectivity index (χ4n) is 3.70. The number of aromatic nitrogens is 1. The molecule has 128 valence electrons. The third-order valence-electron chi connectivity index (χ3n) is 5.16. The number of hydrogen-bond acceptors (Lipinski definition) is 5. The second-order valence-corrected chi connectivity index (χ2v) is 6.92. The molecule has 2 aliphatic rings. The monoisotopic (exact) mass is 327 g/mol. The summed E-state index contributed by atoms with van der Waals surface area (Å²) >= 11 is 0. The number of hydrogen-bond donors (Lipinski definition) is 0. The Morgan fingerprint density at radius 1 is 1.25 bits per heavy atom. The molecule has 2 saturated heterocycles. The van der Waals surface area contributed by atoms with Crippen LogP contribution in [0.3, 0.4) is 0 Å². The van der Waals surface area contributed by atoms with Gasteiger partial charge in [-0.2, -0.15) is 5.26 Å². The molecule has 6 heteroatoms. The van der Waals surface area contributed by atoms with Gasteiger partial charge in [0.05, 0.1) is 5.56 Å². The van der Waals surface area contributed by atoms with E-state index in [4.69, 9.17) is 5.26 Å². The summed E-state index contributed by atoms with van der Waals surface area (Å²) in [5.41, 5.74) is 0.577. The summed E-state index contributed by atoms with van der Waals surface area (Å²) in [6.45, 7) is 6.59. The molecule has 1 atom stereocenters. The second kappa shape index (κ2) is 7.18. The topological polar surface area (TPSA) is 63.5 Å². The first-order chi connectivity index (χ1) is 11.6. The van der Waals surface area contributed by atoms with Gasteiger partial charge in [-0.05, 0) is 38.9 Å². The van der Waals surface area contributed by atoms with Crippen LogP contribution in [0.2, 0.25) is 0 Å². The first kappa shape index (κ1) is 16.7. The molecule has 0 radical (unpaired) electrons. The number of amides is 1. The standard InChI is InChI=1S/C18H25N5O/c1-14-13-21(2)9-10-23(14)18(24)16-5-7-22(8-6-16)17-4-3-15(11-19)12-20-17/h3-4,12,14,16H,5-10,13H2,1-2H3. The smallest absolute Gasteiger partial charge is 0.226 e. The molecule has 3 rings (SSSR count). The van der Waals surface area contributed by atoms with Crippen molar-refractivity contribution in [1.82, 2.24) is 14.8 Å². The molecular weight excluding hydrogens is 302 g/mol. The van der Waals surface area contributed by atoms with Gasteiger partial charge in [-0.15, -0.1) is 0 Å². The first-order valence-electron chi connectivity index (χ1n) is 8.68. The number of piperazine rings is 1. The number of nitrogens with zero attached hydrogens (tertiary/aromatic N) is 5. The largest absolute Gasteiger partial charge is 0.357 e. The van der Waals surface area contributed by atoms with Gasteiger partial charge in [-0.25, -0.2) is 4.98 Å². The maximum atomic E-state index is 12.8. The van der Waals surface area contributed by atoms with Crippen LogP contribution in [0.5, 0.6) is 0 Å². The lowest BCUT2D eigenvalue weighted by Gasteiger charge is -2.41. The highest BCUT2D eigenvalue weighted by Gasteiger charge is 2.33. The number of carbonyl (C=O) groups excluding carboxylic acids is 1. The zero-order valence-electron chi connectivity index (χ0n) is 14.5. The molecule has 0 aromatic carbocycles. The van der Waals surface area contributed by atoms with E-state index >= 15 is 0 Å². The van der Waals surface area contributed by atoms with Gasteiger partial charge in [0, 0.05) is 50.9 Å². The normalized spacial score (nSPS) is 23.1. The maximum absolute atomic E-state index is 12.8. The van der Waals surface area contributed by atoms with Gasteiger partial charge in [-0.3, -0.25) is 4.79 Å². The van der Waals surface area contributed by atoms with Crippen LogP contribution < -0.4 is 4.90 Å². The van der Waals surface area contributed by atoms with E-state index in [-0.39, 0.29) is 5.92 Å². The van der Waals surface area contributed by atoms with Gasteiger partial charge < -0.3 is 14.7 Å². The van der Waals surface area contributed by atoms with Crippen molar-refractivity contribution < 1.29 is 4.79 Å². The van der Waals surface area contributed by atoms with E-state index in [2.05, 4.69) is 39.7 Å². The van der Waals surface area contributed by atoms with E-state index in [1.807, 2.05) is 6.07 Å². The third-order valence-corrected chi connectivity index (χ3v) is 5.16. The van der Waals surface area contributed by atoms with Crippen LogP contribution in [0.4, 0.5) is 5.82 Å². The Morgan fingerprint density at radius 2 is 2.00 bits per heavy atom. The van der Waals surface area contributed by atoms with Crippen LogP contribution >= 0.6 is 0 Å². The lowest BCUT2D eigenvalue weighted by atomic mass is 9.94. The van der Waals surface area contributed by atoms with Gasteiger partial charge in [-0.1, -0.05) is 0 Å². The summed E-state index contributed by atoms with van der Waals surface area (Å²) in [7, 11) is 2.11. The minimum absolute atomic E-state index is 0.130. The number of carbonyl (C=O) groups is 1. The van der Waals surface area contributed by atoms with Crippen LogP contribution in [0, 0.1) is 17.2 Å². The molecule has 0 saturated carbocycles. The predicted molar refractivity (Wildman–Crippen MR) is 92.6 cm³/mol. The Labute approximate surface area is 143 Å². The Morgan fingerprint density at radius 3 is 2.58 bits per heavy atom. The molecule has 0 aliphatic carbocycles. The van der Waals surface area contributed by atoms with Gasteiger partial charge in [0.25, 0.3) is 0 Å². The Kier molecular flexibility index (Phi) is 5.00. The minimum atomic E-state index is 0.130. The molecule has 0 N–H and O–H groups in total. The highest BCUT2D eigenvalue weighted by atomic mass is 16.2.